The van der Waals surface area contributed by atoms with Crippen LogP contribution in [0.5, 0.6) is 0 Å². The lowest BCUT2D eigenvalue weighted by Crippen LogP contribution is -2.28. The maximum absolute atomic E-state index is 11.3. The van der Waals surface area contributed by atoms with Crippen LogP contribution in [0.3, 0.4) is 0 Å². The van der Waals surface area contributed by atoms with Crippen molar-refractivity contribution in [3.63, 3.8) is 0 Å². The second kappa shape index (κ2) is 7.00. The predicted molar refractivity (Wildman–Crippen MR) is 93.9 cm³/mol. The third-order valence-electron chi connectivity index (χ3n) is 4.63. The van der Waals surface area contributed by atoms with Gasteiger partial charge >= 0.3 is 0 Å². The molecular formula is C21H23NO. The summed E-state index contributed by atoms with van der Waals surface area (Å²) in [7, 11) is 0. The molecule has 1 aliphatic rings. The highest BCUT2D eigenvalue weighted by Crippen LogP contribution is 2.28. The van der Waals surface area contributed by atoms with E-state index in [1.54, 1.807) is 0 Å². The van der Waals surface area contributed by atoms with E-state index in [1.165, 1.54) is 12.8 Å². The molecule has 0 saturated carbocycles. The second-order valence-corrected chi connectivity index (χ2v) is 6.21. The minimum absolute atomic E-state index is 0.589. The van der Waals surface area contributed by atoms with Crippen molar-refractivity contribution >= 4 is 0 Å². The van der Waals surface area contributed by atoms with Crippen molar-refractivity contribution in [2.75, 3.05) is 13.1 Å². The molecule has 0 aliphatic carbocycles. The SMILES string of the molecule is C[C@H]1CCCN1CC#CC(O)(c1ccccc1)c1ccccc1. The number of aliphatic hydroxyl groups is 1. The van der Waals surface area contributed by atoms with Gasteiger partial charge in [-0.2, -0.15) is 0 Å². The Morgan fingerprint density at radius 1 is 1.04 bits per heavy atom. The first-order valence-corrected chi connectivity index (χ1v) is 8.27. The first kappa shape index (κ1) is 15.8. The zero-order valence-electron chi connectivity index (χ0n) is 13.6. The summed E-state index contributed by atoms with van der Waals surface area (Å²) < 4.78 is 0. The van der Waals surface area contributed by atoms with Crippen LogP contribution >= 0.6 is 0 Å². The zero-order chi connectivity index (χ0) is 16.1. The molecule has 2 aromatic rings. The van der Waals surface area contributed by atoms with Crippen LogP contribution in [0, 0.1) is 11.8 Å². The molecule has 0 spiro atoms. The fourth-order valence-corrected chi connectivity index (χ4v) is 3.17. The van der Waals surface area contributed by atoms with Gasteiger partial charge in [0.25, 0.3) is 0 Å². The van der Waals surface area contributed by atoms with Gasteiger partial charge in [-0.25, -0.2) is 0 Å². The van der Waals surface area contributed by atoms with E-state index in [-0.39, 0.29) is 0 Å². The third-order valence-corrected chi connectivity index (χ3v) is 4.63. The molecule has 23 heavy (non-hydrogen) atoms. The average molecular weight is 305 g/mol. The summed E-state index contributed by atoms with van der Waals surface area (Å²) >= 11 is 0. The fourth-order valence-electron chi connectivity index (χ4n) is 3.17. The average Bonchev–Trinajstić information content (AvgIpc) is 3.01. The van der Waals surface area contributed by atoms with Gasteiger partial charge in [0.2, 0.25) is 0 Å². The first-order chi connectivity index (χ1) is 11.2. The van der Waals surface area contributed by atoms with E-state index in [1.807, 2.05) is 60.7 Å². The second-order valence-electron chi connectivity index (χ2n) is 6.21. The van der Waals surface area contributed by atoms with Crippen molar-refractivity contribution in [3.05, 3.63) is 71.8 Å². The molecule has 1 heterocycles. The van der Waals surface area contributed by atoms with Crippen molar-refractivity contribution in [3.8, 4) is 11.8 Å². The van der Waals surface area contributed by atoms with Crippen LogP contribution < -0.4 is 0 Å². The summed E-state index contributed by atoms with van der Waals surface area (Å²) in [6, 6.07) is 20.0. The van der Waals surface area contributed by atoms with Gasteiger partial charge in [-0.1, -0.05) is 72.5 Å². The molecule has 1 fully saturated rings. The highest BCUT2D eigenvalue weighted by atomic mass is 16.3. The molecule has 0 aromatic heterocycles. The molecule has 3 rings (SSSR count). The van der Waals surface area contributed by atoms with Gasteiger partial charge in [0.05, 0.1) is 6.54 Å². The molecule has 118 valence electrons. The molecule has 0 bridgehead atoms. The van der Waals surface area contributed by atoms with Gasteiger partial charge in [0, 0.05) is 17.2 Å². The molecule has 2 nitrogen and oxygen atoms in total. The zero-order valence-corrected chi connectivity index (χ0v) is 13.6. The van der Waals surface area contributed by atoms with Crippen molar-refractivity contribution in [2.45, 2.75) is 31.4 Å². The van der Waals surface area contributed by atoms with E-state index >= 15 is 0 Å². The van der Waals surface area contributed by atoms with Crippen molar-refractivity contribution in [1.82, 2.24) is 4.90 Å². The highest BCUT2D eigenvalue weighted by Gasteiger charge is 2.29. The largest absolute Gasteiger partial charge is 0.369 e. The van der Waals surface area contributed by atoms with E-state index in [0.29, 0.717) is 12.6 Å². The van der Waals surface area contributed by atoms with Crippen LogP contribution in [0.1, 0.15) is 30.9 Å². The van der Waals surface area contributed by atoms with Crippen LogP contribution in [0.2, 0.25) is 0 Å². The molecule has 0 unspecified atom stereocenters. The molecular weight excluding hydrogens is 282 g/mol. The standard InChI is InChI=1S/C21H23NO/c1-18-10-8-16-22(18)17-9-15-21(23,19-11-4-2-5-12-19)20-13-6-3-7-14-20/h2-7,11-14,18,23H,8,10,16-17H2,1H3/t18-/m0/s1. The van der Waals surface area contributed by atoms with Crippen LogP contribution in [0.15, 0.2) is 60.7 Å². The van der Waals surface area contributed by atoms with Gasteiger partial charge in [0.1, 0.15) is 0 Å². The maximum Gasteiger partial charge on any atom is 0.176 e. The summed E-state index contributed by atoms with van der Waals surface area (Å²) in [4.78, 5) is 2.38. The summed E-state index contributed by atoms with van der Waals surface area (Å²) in [5, 5.41) is 11.3. The maximum atomic E-state index is 11.3. The smallest absolute Gasteiger partial charge is 0.176 e. The predicted octanol–water partition coefficient (Wildman–Crippen LogP) is 3.41. The molecule has 0 amide bonds. The van der Waals surface area contributed by atoms with E-state index in [0.717, 1.165) is 17.7 Å². The number of hydrogen-bond acceptors (Lipinski definition) is 2. The minimum Gasteiger partial charge on any atom is -0.369 e. The lowest BCUT2D eigenvalue weighted by molar-refractivity contribution is 0.145. The summed E-state index contributed by atoms with van der Waals surface area (Å²) in [5.41, 5.74) is 0.368. The van der Waals surface area contributed by atoms with Gasteiger partial charge in [-0.05, 0) is 26.3 Å². The van der Waals surface area contributed by atoms with E-state index in [2.05, 4.69) is 23.7 Å². The monoisotopic (exact) mass is 305 g/mol. The number of hydrogen-bond donors (Lipinski definition) is 1. The van der Waals surface area contributed by atoms with Crippen LogP contribution in [-0.4, -0.2) is 29.1 Å². The molecule has 2 heteroatoms. The fraction of sp³-hybridized carbons (Fsp3) is 0.333. The lowest BCUT2D eigenvalue weighted by atomic mass is 9.87. The van der Waals surface area contributed by atoms with Gasteiger partial charge < -0.3 is 5.11 Å². The Balaban J connectivity index is 1.91. The molecule has 1 saturated heterocycles. The van der Waals surface area contributed by atoms with Crippen molar-refractivity contribution < 1.29 is 5.11 Å². The van der Waals surface area contributed by atoms with Gasteiger partial charge in [0.15, 0.2) is 5.60 Å². The molecule has 0 radical (unpaired) electrons. The minimum atomic E-state index is -1.26. The van der Waals surface area contributed by atoms with Gasteiger partial charge in [-0.15, -0.1) is 0 Å². The van der Waals surface area contributed by atoms with E-state index < -0.39 is 5.60 Å². The quantitative estimate of drug-likeness (QED) is 0.879. The van der Waals surface area contributed by atoms with Crippen LogP contribution in [-0.2, 0) is 5.60 Å². The topological polar surface area (TPSA) is 23.5 Å². The Hall–Kier alpha value is -2.08. The Labute approximate surface area is 138 Å². The number of benzene rings is 2. The molecule has 1 aliphatic heterocycles. The Bertz CT molecular complexity index is 645. The van der Waals surface area contributed by atoms with Crippen molar-refractivity contribution in [2.24, 2.45) is 0 Å². The molecule has 1 N–H and O–H groups in total. The molecule has 1 atom stereocenters. The highest BCUT2D eigenvalue weighted by molar-refractivity contribution is 5.44. The normalized spacial score (nSPS) is 18.4. The Kier molecular flexibility index (Phi) is 4.81. The third kappa shape index (κ3) is 3.47. The van der Waals surface area contributed by atoms with Crippen molar-refractivity contribution in [1.29, 1.82) is 0 Å². The van der Waals surface area contributed by atoms with E-state index in [4.69, 9.17) is 0 Å². The molecule has 2 aromatic carbocycles. The number of rotatable bonds is 3. The van der Waals surface area contributed by atoms with Gasteiger partial charge in [-0.3, -0.25) is 4.90 Å². The summed E-state index contributed by atoms with van der Waals surface area (Å²) in [6.45, 7) is 4.06. The summed E-state index contributed by atoms with van der Waals surface area (Å²) in [5.74, 6) is 6.36. The Morgan fingerprint density at radius 2 is 1.61 bits per heavy atom. The summed E-state index contributed by atoms with van der Waals surface area (Å²) in [6.07, 6.45) is 2.48. The Morgan fingerprint density at radius 3 is 2.09 bits per heavy atom. The lowest BCUT2D eigenvalue weighted by Gasteiger charge is -2.24. The van der Waals surface area contributed by atoms with Crippen LogP contribution in [0.4, 0.5) is 0 Å². The first-order valence-electron chi connectivity index (χ1n) is 8.27. The number of likely N-dealkylation sites (tertiary alicyclic amines) is 1. The van der Waals surface area contributed by atoms with E-state index in [9.17, 15) is 5.11 Å². The number of nitrogens with zero attached hydrogens (tertiary/aromatic N) is 1. The van der Waals surface area contributed by atoms with Crippen LogP contribution in [0.25, 0.3) is 0 Å².